The van der Waals surface area contributed by atoms with E-state index in [1.807, 2.05) is 26.2 Å². The van der Waals surface area contributed by atoms with Gasteiger partial charge in [0.1, 0.15) is 5.82 Å². The number of benzene rings is 1. The highest BCUT2D eigenvalue weighted by molar-refractivity contribution is 5.50. The Labute approximate surface area is 147 Å². The third kappa shape index (κ3) is 4.54. The highest BCUT2D eigenvalue weighted by Gasteiger charge is 2.20. The lowest BCUT2D eigenvalue weighted by atomic mass is 10.2. The molecule has 1 N–H and O–H groups in total. The van der Waals surface area contributed by atoms with Gasteiger partial charge in [0, 0.05) is 39.3 Å². The number of hydrogen-bond donors (Lipinski definition) is 1. The Morgan fingerprint density at radius 3 is 2.56 bits per heavy atom. The van der Waals surface area contributed by atoms with Crippen LogP contribution >= 0.6 is 0 Å². The molecule has 25 heavy (non-hydrogen) atoms. The minimum atomic E-state index is -0.174. The van der Waals surface area contributed by atoms with E-state index in [2.05, 4.69) is 35.2 Å². The van der Waals surface area contributed by atoms with Gasteiger partial charge < -0.3 is 20.0 Å². The number of halogens is 1. The average Bonchev–Trinajstić information content (AvgIpc) is 2.62. The van der Waals surface area contributed by atoms with Crippen molar-refractivity contribution in [1.29, 1.82) is 0 Å². The molecule has 0 spiro atoms. The predicted octanol–water partition coefficient (Wildman–Crippen LogP) is 1.31. The predicted molar refractivity (Wildman–Crippen MR) is 97.7 cm³/mol. The second-order valence-electron chi connectivity index (χ2n) is 6.29. The van der Waals surface area contributed by atoms with Crippen LogP contribution in [0.2, 0.25) is 0 Å². The normalized spacial score (nSPS) is 14.9. The molecule has 0 saturated carbocycles. The molecule has 134 valence electrons. The quantitative estimate of drug-likeness (QED) is 0.847. The van der Waals surface area contributed by atoms with Crippen LogP contribution in [0.3, 0.4) is 0 Å². The maximum atomic E-state index is 13.9. The number of hydrogen-bond acceptors (Lipinski definition) is 7. The molecular weight excluding hydrogens is 321 g/mol. The van der Waals surface area contributed by atoms with Crippen molar-refractivity contribution < 1.29 is 4.39 Å². The maximum absolute atomic E-state index is 13.9. The minimum Gasteiger partial charge on any atom is -0.366 e. The Balaban J connectivity index is 1.58. The van der Waals surface area contributed by atoms with Gasteiger partial charge >= 0.3 is 0 Å². The van der Waals surface area contributed by atoms with Gasteiger partial charge in [-0.05, 0) is 26.2 Å². The van der Waals surface area contributed by atoms with Gasteiger partial charge in [-0.25, -0.2) is 4.39 Å². The molecular formula is C17H24FN7. The molecule has 1 fully saturated rings. The monoisotopic (exact) mass is 345 g/mol. The lowest BCUT2D eigenvalue weighted by Gasteiger charge is -2.36. The van der Waals surface area contributed by atoms with Gasteiger partial charge in [-0.3, -0.25) is 0 Å². The van der Waals surface area contributed by atoms with E-state index >= 15 is 0 Å². The van der Waals surface area contributed by atoms with Crippen LogP contribution in [-0.4, -0.2) is 73.4 Å². The first-order valence-corrected chi connectivity index (χ1v) is 8.46. The van der Waals surface area contributed by atoms with Crippen molar-refractivity contribution in [2.24, 2.45) is 0 Å². The Bertz CT molecular complexity index is 686. The van der Waals surface area contributed by atoms with E-state index in [0.29, 0.717) is 11.6 Å². The summed E-state index contributed by atoms with van der Waals surface area (Å²) in [6.07, 6.45) is 1.68. The van der Waals surface area contributed by atoms with Crippen LogP contribution in [0.4, 0.5) is 21.8 Å². The van der Waals surface area contributed by atoms with E-state index in [-0.39, 0.29) is 5.82 Å². The van der Waals surface area contributed by atoms with Gasteiger partial charge in [0.15, 0.2) is 5.82 Å². The summed E-state index contributed by atoms with van der Waals surface area (Å²) in [5.41, 5.74) is 0.661. The largest absolute Gasteiger partial charge is 0.366 e. The van der Waals surface area contributed by atoms with E-state index in [1.165, 1.54) is 6.07 Å². The zero-order valence-corrected chi connectivity index (χ0v) is 14.7. The first-order valence-electron chi connectivity index (χ1n) is 8.46. The van der Waals surface area contributed by atoms with Crippen molar-refractivity contribution in [3.8, 4) is 0 Å². The molecule has 7 nitrogen and oxygen atoms in total. The number of aromatic nitrogens is 3. The van der Waals surface area contributed by atoms with Gasteiger partial charge in [0.25, 0.3) is 0 Å². The van der Waals surface area contributed by atoms with Crippen LogP contribution in [-0.2, 0) is 0 Å². The average molecular weight is 345 g/mol. The molecule has 3 rings (SSSR count). The van der Waals surface area contributed by atoms with Gasteiger partial charge in [0.2, 0.25) is 5.95 Å². The molecule has 0 atom stereocenters. The lowest BCUT2D eigenvalue weighted by molar-refractivity contribution is 0.425. The van der Waals surface area contributed by atoms with Crippen LogP contribution < -0.4 is 15.1 Å². The maximum Gasteiger partial charge on any atom is 0.244 e. The molecule has 0 aliphatic carbocycles. The third-order valence-electron chi connectivity index (χ3n) is 4.19. The first-order chi connectivity index (χ1) is 12.1. The summed E-state index contributed by atoms with van der Waals surface area (Å²) in [5, 5.41) is 11.3. The molecule has 1 aliphatic heterocycles. The molecule has 1 saturated heterocycles. The Morgan fingerprint density at radius 2 is 1.84 bits per heavy atom. The highest BCUT2D eigenvalue weighted by atomic mass is 19.1. The van der Waals surface area contributed by atoms with E-state index in [4.69, 9.17) is 0 Å². The summed E-state index contributed by atoms with van der Waals surface area (Å²) in [7, 11) is 4.04. The summed E-state index contributed by atoms with van der Waals surface area (Å²) < 4.78 is 13.9. The fourth-order valence-corrected chi connectivity index (χ4v) is 2.80. The molecule has 8 heteroatoms. The summed E-state index contributed by atoms with van der Waals surface area (Å²) in [6.45, 7) is 4.69. The molecule has 1 aromatic heterocycles. The number of nitrogens with one attached hydrogen (secondary N) is 1. The van der Waals surface area contributed by atoms with Gasteiger partial charge in [-0.1, -0.05) is 12.1 Å². The fraction of sp³-hybridized carbons (Fsp3) is 0.471. The number of rotatable bonds is 6. The van der Waals surface area contributed by atoms with Crippen molar-refractivity contribution in [3.05, 3.63) is 36.3 Å². The van der Waals surface area contributed by atoms with Crippen LogP contribution in [0.25, 0.3) is 0 Å². The molecule has 0 bridgehead atoms. The number of para-hydroxylation sites is 1. The summed E-state index contributed by atoms with van der Waals surface area (Å²) in [4.78, 5) is 10.9. The smallest absolute Gasteiger partial charge is 0.244 e. The van der Waals surface area contributed by atoms with Crippen molar-refractivity contribution in [1.82, 2.24) is 20.1 Å². The van der Waals surface area contributed by atoms with Crippen molar-refractivity contribution >= 4 is 17.5 Å². The summed E-state index contributed by atoms with van der Waals surface area (Å²) in [5.74, 6) is 1.17. The van der Waals surface area contributed by atoms with Crippen LogP contribution in [0.15, 0.2) is 30.5 Å². The SMILES string of the molecule is CN(C)CCNc1nncc(N2CCN(c3ccccc3F)CC2)n1. The third-order valence-corrected chi connectivity index (χ3v) is 4.19. The van der Waals surface area contributed by atoms with E-state index in [1.54, 1.807) is 12.3 Å². The van der Waals surface area contributed by atoms with Gasteiger partial charge in [0.05, 0.1) is 11.9 Å². The second kappa shape index (κ2) is 8.06. The molecule has 1 aromatic carbocycles. The van der Waals surface area contributed by atoms with E-state index in [0.717, 1.165) is 45.1 Å². The molecule has 0 radical (unpaired) electrons. The lowest BCUT2D eigenvalue weighted by Crippen LogP contribution is -2.47. The number of nitrogens with zero attached hydrogens (tertiary/aromatic N) is 6. The molecule has 2 aromatic rings. The fourth-order valence-electron chi connectivity index (χ4n) is 2.80. The van der Waals surface area contributed by atoms with Crippen molar-refractivity contribution in [2.45, 2.75) is 0 Å². The standard InChI is InChI=1S/C17H24FN7/c1-23(2)8-7-19-17-21-16(13-20-22-17)25-11-9-24(10-12-25)15-6-4-3-5-14(15)18/h3-6,13H,7-12H2,1-2H3,(H,19,21,22). The number of anilines is 3. The number of piperazine rings is 1. The summed E-state index contributed by atoms with van der Waals surface area (Å²) >= 11 is 0. The Morgan fingerprint density at radius 1 is 1.12 bits per heavy atom. The first kappa shape index (κ1) is 17.3. The Kier molecular flexibility index (Phi) is 5.60. The summed E-state index contributed by atoms with van der Waals surface area (Å²) in [6, 6.07) is 6.91. The van der Waals surface area contributed by atoms with Gasteiger partial charge in [-0.15, -0.1) is 5.10 Å². The van der Waals surface area contributed by atoms with E-state index in [9.17, 15) is 4.39 Å². The molecule has 0 amide bonds. The topological polar surface area (TPSA) is 60.4 Å². The molecule has 2 heterocycles. The van der Waals surface area contributed by atoms with E-state index < -0.39 is 0 Å². The number of likely N-dealkylation sites (N-methyl/N-ethyl adjacent to an activating group) is 1. The van der Waals surface area contributed by atoms with Crippen LogP contribution in [0.5, 0.6) is 0 Å². The van der Waals surface area contributed by atoms with Crippen LogP contribution in [0.1, 0.15) is 0 Å². The Hall–Kier alpha value is -2.48. The van der Waals surface area contributed by atoms with Crippen molar-refractivity contribution in [3.63, 3.8) is 0 Å². The van der Waals surface area contributed by atoms with Gasteiger partial charge in [-0.2, -0.15) is 10.1 Å². The van der Waals surface area contributed by atoms with Crippen LogP contribution in [0, 0.1) is 5.82 Å². The zero-order chi connectivity index (χ0) is 17.6. The highest BCUT2D eigenvalue weighted by Crippen LogP contribution is 2.21. The van der Waals surface area contributed by atoms with Crippen molar-refractivity contribution in [2.75, 3.05) is 68.5 Å². The zero-order valence-electron chi connectivity index (χ0n) is 14.7. The molecule has 0 unspecified atom stereocenters. The minimum absolute atomic E-state index is 0.174. The molecule has 1 aliphatic rings. The second-order valence-corrected chi connectivity index (χ2v) is 6.29.